The lowest BCUT2D eigenvalue weighted by molar-refractivity contribution is 0.208. The first-order valence-electron chi connectivity index (χ1n) is 9.63. The Kier molecular flexibility index (Phi) is 5.19. The normalized spacial score (nSPS) is 11.6. The van der Waals surface area contributed by atoms with E-state index in [9.17, 15) is 4.79 Å². The molecule has 1 unspecified atom stereocenters. The number of rotatable bonds is 4. The van der Waals surface area contributed by atoms with Crippen LogP contribution in [-0.2, 0) is 0 Å². The molecule has 0 saturated carbocycles. The van der Waals surface area contributed by atoms with E-state index in [2.05, 4.69) is 16.4 Å². The Hall–Kier alpha value is -4.11. The third-order valence-corrected chi connectivity index (χ3v) is 5.25. The summed E-state index contributed by atoms with van der Waals surface area (Å²) in [6, 6.07) is 24.7. The van der Waals surface area contributed by atoms with Crippen LogP contribution in [0, 0.1) is 11.3 Å². The van der Waals surface area contributed by atoms with Crippen molar-refractivity contribution in [1.82, 2.24) is 14.5 Å². The van der Waals surface area contributed by atoms with E-state index in [0.717, 1.165) is 22.3 Å². The molecule has 0 aliphatic rings. The van der Waals surface area contributed by atoms with Gasteiger partial charge in [0.25, 0.3) is 0 Å². The molecule has 148 valence electrons. The highest BCUT2D eigenvalue weighted by molar-refractivity contribution is 5.89. The van der Waals surface area contributed by atoms with Crippen molar-refractivity contribution in [3.8, 4) is 11.8 Å². The maximum atomic E-state index is 12.6. The van der Waals surface area contributed by atoms with Crippen LogP contribution in [0.3, 0.4) is 0 Å². The summed E-state index contributed by atoms with van der Waals surface area (Å²) in [5, 5.41) is 11.9. The van der Waals surface area contributed by atoms with Crippen molar-refractivity contribution in [3.05, 3.63) is 90.3 Å². The van der Waals surface area contributed by atoms with Gasteiger partial charge < -0.3 is 10.2 Å². The molecule has 30 heavy (non-hydrogen) atoms. The second-order valence-corrected chi connectivity index (χ2v) is 7.10. The Morgan fingerprint density at radius 2 is 1.87 bits per heavy atom. The number of aromatic nitrogens is 2. The van der Waals surface area contributed by atoms with Crippen LogP contribution in [0.15, 0.2) is 79.1 Å². The van der Waals surface area contributed by atoms with E-state index in [4.69, 9.17) is 5.26 Å². The number of anilines is 1. The van der Waals surface area contributed by atoms with Crippen LogP contribution in [0.25, 0.3) is 16.7 Å². The van der Waals surface area contributed by atoms with Gasteiger partial charge in [-0.05, 0) is 55.0 Å². The van der Waals surface area contributed by atoms with E-state index in [1.807, 2.05) is 66.3 Å². The van der Waals surface area contributed by atoms with Crippen LogP contribution in [-0.4, -0.2) is 27.5 Å². The van der Waals surface area contributed by atoms with Crippen molar-refractivity contribution in [2.45, 2.75) is 13.0 Å². The van der Waals surface area contributed by atoms with Crippen LogP contribution in [0.4, 0.5) is 10.5 Å². The van der Waals surface area contributed by atoms with Crippen molar-refractivity contribution in [3.63, 3.8) is 0 Å². The number of hydrogen-bond donors (Lipinski definition) is 1. The molecule has 6 nitrogen and oxygen atoms in total. The topological polar surface area (TPSA) is 74.0 Å². The van der Waals surface area contributed by atoms with E-state index in [1.54, 1.807) is 36.2 Å². The van der Waals surface area contributed by atoms with Gasteiger partial charge in [-0.15, -0.1) is 0 Å². The second-order valence-electron chi connectivity index (χ2n) is 7.10. The van der Waals surface area contributed by atoms with Crippen LogP contribution in [0.5, 0.6) is 0 Å². The summed E-state index contributed by atoms with van der Waals surface area (Å²) < 4.78 is 2.04. The maximum absolute atomic E-state index is 12.6. The molecule has 1 atom stereocenters. The zero-order chi connectivity index (χ0) is 21.1. The molecule has 0 spiro atoms. The minimum absolute atomic E-state index is 0.127. The zero-order valence-corrected chi connectivity index (χ0v) is 16.8. The van der Waals surface area contributed by atoms with Crippen LogP contribution >= 0.6 is 0 Å². The van der Waals surface area contributed by atoms with Crippen molar-refractivity contribution >= 4 is 22.8 Å². The lowest BCUT2D eigenvalue weighted by atomic mass is 10.1. The number of hydrogen-bond acceptors (Lipinski definition) is 3. The van der Waals surface area contributed by atoms with Gasteiger partial charge in [-0.25, -0.2) is 9.78 Å². The first-order chi connectivity index (χ1) is 14.6. The largest absolute Gasteiger partial charge is 0.322 e. The molecule has 0 fully saturated rings. The standard InChI is InChI=1S/C24H21N5O/c1-17(28(2)24(30)27-20-7-5-6-18(14-20)15-25)19-10-12-21(13-11-19)29-16-26-22-8-3-4-9-23(22)29/h3-14,16-17H,1-2H3,(H,27,30). The molecule has 0 aliphatic carbocycles. The number of imidazole rings is 1. The van der Waals surface area contributed by atoms with E-state index in [1.165, 1.54) is 0 Å². The van der Waals surface area contributed by atoms with E-state index in [0.29, 0.717) is 11.3 Å². The molecule has 0 saturated heterocycles. The minimum Gasteiger partial charge on any atom is -0.321 e. The third-order valence-electron chi connectivity index (χ3n) is 5.25. The summed E-state index contributed by atoms with van der Waals surface area (Å²) >= 11 is 0. The average Bonchev–Trinajstić information content (AvgIpc) is 3.22. The number of nitriles is 1. The molecular formula is C24H21N5O. The number of para-hydroxylation sites is 2. The van der Waals surface area contributed by atoms with Gasteiger partial charge in [-0.1, -0.05) is 30.3 Å². The molecule has 4 aromatic rings. The van der Waals surface area contributed by atoms with Crippen LogP contribution < -0.4 is 5.32 Å². The van der Waals surface area contributed by atoms with Gasteiger partial charge in [-0.2, -0.15) is 5.26 Å². The molecule has 2 amide bonds. The third kappa shape index (κ3) is 3.74. The molecule has 0 aliphatic heterocycles. The fraction of sp³-hybridized carbons (Fsp3) is 0.125. The Morgan fingerprint density at radius 3 is 2.63 bits per heavy atom. The number of amides is 2. The van der Waals surface area contributed by atoms with Gasteiger partial charge in [0.15, 0.2) is 0 Å². The lowest BCUT2D eigenvalue weighted by Gasteiger charge is -2.26. The Morgan fingerprint density at radius 1 is 1.10 bits per heavy atom. The molecule has 1 N–H and O–H groups in total. The predicted molar refractivity (Wildman–Crippen MR) is 117 cm³/mol. The molecule has 6 heteroatoms. The predicted octanol–water partition coefficient (Wildman–Crippen LogP) is 5.12. The van der Waals surface area contributed by atoms with Gasteiger partial charge in [0.1, 0.15) is 6.33 Å². The number of nitrogens with zero attached hydrogens (tertiary/aromatic N) is 4. The number of nitrogens with one attached hydrogen (secondary N) is 1. The van der Waals surface area contributed by atoms with E-state index >= 15 is 0 Å². The highest BCUT2D eigenvalue weighted by Crippen LogP contribution is 2.23. The second kappa shape index (κ2) is 8.10. The van der Waals surface area contributed by atoms with Gasteiger partial charge in [0.2, 0.25) is 0 Å². The average molecular weight is 395 g/mol. The number of carbonyl (C=O) groups is 1. The molecule has 3 aromatic carbocycles. The molecule has 1 heterocycles. The first kappa shape index (κ1) is 19.2. The number of fused-ring (bicyclic) bond motifs is 1. The summed E-state index contributed by atoms with van der Waals surface area (Å²) in [5.74, 6) is 0. The summed E-state index contributed by atoms with van der Waals surface area (Å²) in [5.41, 5.74) is 5.14. The molecule has 4 rings (SSSR count). The van der Waals surface area contributed by atoms with E-state index in [-0.39, 0.29) is 12.1 Å². The Balaban J connectivity index is 1.49. The molecule has 1 aromatic heterocycles. The van der Waals surface area contributed by atoms with Gasteiger partial charge in [0, 0.05) is 18.4 Å². The van der Waals surface area contributed by atoms with Crippen molar-refractivity contribution in [2.24, 2.45) is 0 Å². The van der Waals surface area contributed by atoms with Crippen molar-refractivity contribution < 1.29 is 4.79 Å². The summed E-state index contributed by atoms with van der Waals surface area (Å²) in [4.78, 5) is 18.7. The fourth-order valence-corrected chi connectivity index (χ4v) is 3.36. The summed E-state index contributed by atoms with van der Waals surface area (Å²) in [7, 11) is 1.76. The Labute approximate surface area is 175 Å². The summed E-state index contributed by atoms with van der Waals surface area (Å²) in [6.07, 6.45) is 1.82. The molecular weight excluding hydrogens is 374 g/mol. The minimum atomic E-state index is -0.234. The van der Waals surface area contributed by atoms with Crippen LogP contribution in [0.2, 0.25) is 0 Å². The smallest absolute Gasteiger partial charge is 0.321 e. The van der Waals surface area contributed by atoms with E-state index < -0.39 is 0 Å². The van der Waals surface area contributed by atoms with Gasteiger partial charge >= 0.3 is 6.03 Å². The highest BCUT2D eigenvalue weighted by Gasteiger charge is 2.18. The molecule has 0 bridgehead atoms. The zero-order valence-electron chi connectivity index (χ0n) is 16.8. The highest BCUT2D eigenvalue weighted by atomic mass is 16.2. The lowest BCUT2D eigenvalue weighted by Crippen LogP contribution is -2.33. The van der Waals surface area contributed by atoms with Gasteiger partial charge in [-0.3, -0.25) is 4.57 Å². The van der Waals surface area contributed by atoms with Crippen molar-refractivity contribution in [1.29, 1.82) is 5.26 Å². The first-order valence-corrected chi connectivity index (χ1v) is 9.63. The number of carbonyl (C=O) groups excluding carboxylic acids is 1. The maximum Gasteiger partial charge on any atom is 0.322 e. The number of urea groups is 1. The quantitative estimate of drug-likeness (QED) is 0.521. The van der Waals surface area contributed by atoms with Gasteiger partial charge in [0.05, 0.1) is 28.7 Å². The SMILES string of the molecule is CC(c1ccc(-n2cnc3ccccc32)cc1)N(C)C(=O)Nc1cccc(C#N)c1. The Bertz CT molecular complexity index is 1240. The summed E-state index contributed by atoms with van der Waals surface area (Å²) in [6.45, 7) is 1.98. The molecule has 0 radical (unpaired) electrons. The monoisotopic (exact) mass is 395 g/mol. The van der Waals surface area contributed by atoms with Crippen molar-refractivity contribution in [2.75, 3.05) is 12.4 Å². The number of benzene rings is 3. The van der Waals surface area contributed by atoms with Crippen LogP contribution in [0.1, 0.15) is 24.1 Å². The fourth-order valence-electron chi connectivity index (χ4n) is 3.36.